The third kappa shape index (κ3) is 3.31. The smallest absolute Gasteiger partial charge is 0.227 e. The van der Waals surface area contributed by atoms with Crippen molar-refractivity contribution in [3.05, 3.63) is 46.4 Å². The molecule has 0 radical (unpaired) electrons. The second-order valence-electron chi connectivity index (χ2n) is 5.29. The average molecular weight is 301 g/mol. The van der Waals surface area contributed by atoms with Crippen LogP contribution in [0.2, 0.25) is 0 Å². The van der Waals surface area contributed by atoms with Crippen LogP contribution in [0.1, 0.15) is 36.4 Å². The lowest BCUT2D eigenvalue weighted by molar-refractivity contribution is -0.117. The van der Waals surface area contributed by atoms with Crippen molar-refractivity contribution in [2.45, 2.75) is 32.4 Å². The molecule has 0 bridgehead atoms. The summed E-state index contributed by atoms with van der Waals surface area (Å²) in [6.45, 7) is 3.77. The highest BCUT2D eigenvalue weighted by molar-refractivity contribution is 7.09. The quantitative estimate of drug-likeness (QED) is 0.923. The second-order valence-corrected chi connectivity index (χ2v) is 6.21. The number of benzene rings is 1. The number of carbonyl (C=O) groups excluding carboxylic acids is 1. The molecular weight excluding hydrogens is 282 g/mol. The molecule has 0 aliphatic carbocycles. The third-order valence-corrected chi connectivity index (χ3v) is 4.71. The standard InChI is InChI=1S/C16H19N3OS/c1-12(16-17-8-10-21-16)18-11-13-4-6-14(7-5-13)19-9-2-3-15(19)20/h4-8,10,12,18H,2-3,9,11H2,1H3. The maximum atomic E-state index is 11.7. The van der Waals surface area contributed by atoms with Crippen molar-refractivity contribution in [3.8, 4) is 0 Å². The molecule has 1 unspecified atom stereocenters. The van der Waals surface area contributed by atoms with Crippen molar-refractivity contribution in [3.63, 3.8) is 0 Å². The highest BCUT2D eigenvalue weighted by atomic mass is 32.1. The van der Waals surface area contributed by atoms with Crippen LogP contribution in [0, 0.1) is 0 Å². The number of hydrogen-bond acceptors (Lipinski definition) is 4. The lowest BCUT2D eigenvalue weighted by Gasteiger charge is -2.16. The monoisotopic (exact) mass is 301 g/mol. The summed E-state index contributed by atoms with van der Waals surface area (Å²) in [5.74, 6) is 0.235. The van der Waals surface area contributed by atoms with Crippen molar-refractivity contribution in [2.24, 2.45) is 0 Å². The number of nitrogens with zero attached hydrogens (tertiary/aromatic N) is 2. The van der Waals surface area contributed by atoms with Crippen LogP contribution in [0.25, 0.3) is 0 Å². The van der Waals surface area contributed by atoms with E-state index < -0.39 is 0 Å². The molecule has 1 amide bonds. The summed E-state index contributed by atoms with van der Waals surface area (Å²) < 4.78 is 0. The molecule has 1 aromatic carbocycles. The highest BCUT2D eigenvalue weighted by Gasteiger charge is 2.21. The van der Waals surface area contributed by atoms with Crippen molar-refractivity contribution >= 4 is 22.9 Å². The number of thiazole rings is 1. The van der Waals surface area contributed by atoms with Gasteiger partial charge in [-0.2, -0.15) is 0 Å². The number of nitrogens with one attached hydrogen (secondary N) is 1. The van der Waals surface area contributed by atoms with E-state index in [0.29, 0.717) is 6.42 Å². The molecule has 1 aliphatic heterocycles. The highest BCUT2D eigenvalue weighted by Crippen LogP contribution is 2.22. The summed E-state index contributed by atoms with van der Waals surface area (Å²) in [6.07, 6.45) is 3.47. The lowest BCUT2D eigenvalue weighted by atomic mass is 10.2. The Hall–Kier alpha value is -1.72. The summed E-state index contributed by atoms with van der Waals surface area (Å²) in [6, 6.07) is 8.50. The van der Waals surface area contributed by atoms with Gasteiger partial charge in [-0.1, -0.05) is 12.1 Å². The number of hydrogen-bond donors (Lipinski definition) is 1. The van der Waals surface area contributed by atoms with Gasteiger partial charge in [-0.25, -0.2) is 4.98 Å². The van der Waals surface area contributed by atoms with Gasteiger partial charge in [-0.3, -0.25) is 4.79 Å². The maximum Gasteiger partial charge on any atom is 0.227 e. The van der Waals surface area contributed by atoms with Gasteiger partial charge in [0, 0.05) is 36.8 Å². The minimum absolute atomic E-state index is 0.235. The first-order chi connectivity index (χ1) is 10.2. The first kappa shape index (κ1) is 14.2. The Kier molecular flexibility index (Phi) is 4.31. The fourth-order valence-electron chi connectivity index (χ4n) is 2.52. The molecule has 1 N–H and O–H groups in total. The molecule has 1 fully saturated rings. The SMILES string of the molecule is CC(NCc1ccc(N2CCCC2=O)cc1)c1nccs1. The molecule has 1 aliphatic rings. The van der Waals surface area contributed by atoms with E-state index in [1.807, 2.05) is 28.6 Å². The Bertz CT molecular complexity index is 594. The van der Waals surface area contributed by atoms with Crippen molar-refractivity contribution < 1.29 is 4.79 Å². The molecule has 4 nitrogen and oxygen atoms in total. The number of aromatic nitrogens is 1. The van der Waals surface area contributed by atoms with Crippen molar-refractivity contribution in [1.29, 1.82) is 0 Å². The molecule has 1 atom stereocenters. The first-order valence-corrected chi connectivity index (χ1v) is 8.14. The Morgan fingerprint density at radius 1 is 1.38 bits per heavy atom. The molecule has 0 spiro atoms. The molecular formula is C16H19N3OS. The van der Waals surface area contributed by atoms with Gasteiger partial charge in [0.1, 0.15) is 5.01 Å². The molecule has 5 heteroatoms. The lowest BCUT2D eigenvalue weighted by Crippen LogP contribution is -2.23. The van der Waals surface area contributed by atoms with E-state index in [0.717, 1.165) is 30.2 Å². The van der Waals surface area contributed by atoms with E-state index >= 15 is 0 Å². The van der Waals surface area contributed by atoms with Crippen LogP contribution in [0.15, 0.2) is 35.8 Å². The molecule has 2 aromatic rings. The summed E-state index contributed by atoms with van der Waals surface area (Å²) in [5, 5.41) is 6.57. The Balaban J connectivity index is 1.58. The fourth-order valence-corrected chi connectivity index (χ4v) is 3.19. The number of rotatable bonds is 5. The minimum atomic E-state index is 0.235. The summed E-state index contributed by atoms with van der Waals surface area (Å²) in [4.78, 5) is 17.9. The van der Waals surface area contributed by atoms with Gasteiger partial charge in [-0.05, 0) is 31.0 Å². The molecule has 21 heavy (non-hydrogen) atoms. The van der Waals surface area contributed by atoms with Crippen LogP contribution in [0.4, 0.5) is 5.69 Å². The molecule has 110 valence electrons. The summed E-state index contributed by atoms with van der Waals surface area (Å²) in [5.41, 5.74) is 2.23. The number of carbonyl (C=O) groups is 1. The Morgan fingerprint density at radius 2 is 2.19 bits per heavy atom. The van der Waals surface area contributed by atoms with Crippen molar-refractivity contribution in [2.75, 3.05) is 11.4 Å². The van der Waals surface area contributed by atoms with Crippen LogP contribution in [0.5, 0.6) is 0 Å². The number of anilines is 1. The largest absolute Gasteiger partial charge is 0.312 e. The second kappa shape index (κ2) is 6.37. The maximum absolute atomic E-state index is 11.7. The van der Waals surface area contributed by atoms with Gasteiger partial charge < -0.3 is 10.2 Å². The zero-order valence-electron chi connectivity index (χ0n) is 12.1. The van der Waals surface area contributed by atoms with E-state index in [1.165, 1.54) is 5.56 Å². The van der Waals surface area contributed by atoms with E-state index in [-0.39, 0.29) is 11.9 Å². The number of amides is 1. The van der Waals surface area contributed by atoms with Crippen LogP contribution < -0.4 is 10.2 Å². The van der Waals surface area contributed by atoms with Crippen LogP contribution in [0.3, 0.4) is 0 Å². The molecule has 1 aromatic heterocycles. The summed E-state index contributed by atoms with van der Waals surface area (Å²) >= 11 is 1.67. The van der Waals surface area contributed by atoms with E-state index in [4.69, 9.17) is 0 Å². The minimum Gasteiger partial charge on any atom is -0.312 e. The normalized spacial score (nSPS) is 16.4. The third-order valence-electron chi connectivity index (χ3n) is 3.76. The first-order valence-electron chi connectivity index (χ1n) is 7.26. The van der Waals surface area contributed by atoms with Gasteiger partial charge >= 0.3 is 0 Å². The van der Waals surface area contributed by atoms with E-state index in [9.17, 15) is 4.79 Å². The topological polar surface area (TPSA) is 45.2 Å². The predicted octanol–water partition coefficient (Wildman–Crippen LogP) is 3.12. The van der Waals surface area contributed by atoms with Crippen LogP contribution in [-0.2, 0) is 11.3 Å². The average Bonchev–Trinajstić information content (AvgIpc) is 3.17. The molecule has 0 saturated carbocycles. The van der Waals surface area contributed by atoms with Gasteiger partial charge in [-0.15, -0.1) is 11.3 Å². The van der Waals surface area contributed by atoms with E-state index in [2.05, 4.69) is 29.4 Å². The van der Waals surface area contributed by atoms with Gasteiger partial charge in [0.25, 0.3) is 0 Å². The van der Waals surface area contributed by atoms with Crippen LogP contribution in [-0.4, -0.2) is 17.4 Å². The van der Waals surface area contributed by atoms with Crippen molar-refractivity contribution in [1.82, 2.24) is 10.3 Å². The van der Waals surface area contributed by atoms with Gasteiger partial charge in [0.2, 0.25) is 5.91 Å². The van der Waals surface area contributed by atoms with Gasteiger partial charge in [0.15, 0.2) is 0 Å². The molecule has 1 saturated heterocycles. The van der Waals surface area contributed by atoms with E-state index in [1.54, 1.807) is 11.3 Å². The molecule has 2 heterocycles. The fraction of sp³-hybridized carbons (Fsp3) is 0.375. The zero-order valence-corrected chi connectivity index (χ0v) is 12.9. The Labute approximate surface area is 128 Å². The van der Waals surface area contributed by atoms with Gasteiger partial charge in [0.05, 0.1) is 6.04 Å². The Morgan fingerprint density at radius 3 is 2.81 bits per heavy atom. The zero-order chi connectivity index (χ0) is 14.7. The summed E-state index contributed by atoms with van der Waals surface area (Å²) in [7, 11) is 0. The van der Waals surface area contributed by atoms with Crippen LogP contribution >= 0.6 is 11.3 Å². The predicted molar refractivity (Wildman–Crippen MR) is 85.4 cm³/mol. The molecule has 3 rings (SSSR count).